The molecule has 10 rings (SSSR count). The zero-order chi connectivity index (χ0) is 50.3. The van der Waals surface area contributed by atoms with Gasteiger partial charge < -0.3 is 31.8 Å². The van der Waals surface area contributed by atoms with Crippen molar-refractivity contribution < 1.29 is 154 Å². The number of aromatic nitrogens is 2. The Hall–Kier alpha value is 0.378. The second-order valence-corrected chi connectivity index (χ2v) is 25.0. The molecule has 1 aromatic rings. The smallest absolute Gasteiger partial charge is 1.00 e. The molecule has 9 aliphatic rings. The SMILES string of the molecule is C.C.C[C@@]1(O)CC[C@@]2(C)[C@H](CC[C@@H]3[C@@H]2CC[C@]2(C)[C@@H](C(=O)CBr)CC[C@@H]32)C1.C[C@@]1(O)CC[C@@]2(C)[C@H](CC[C@@H]3[C@@H]2CC[C@]2(C)[C@@H](C(=O)Cn4cc(B(O)O)cn4)CC[C@@H]32)C1.O=CO[O-].O=[N+]([O-])C1C=NN=C1.[H-].[K+].[K+]. The molecule has 8 saturated carbocycles. The topological polar surface area (TPSA) is 250 Å². The van der Waals surface area contributed by atoms with E-state index in [1.54, 1.807) is 10.9 Å². The fraction of sp³-hybridized carbons (Fsp3) is 0.849. The van der Waals surface area contributed by atoms with Crippen molar-refractivity contribution in [2.24, 2.45) is 91.0 Å². The Bertz CT molecular complexity index is 2100. The van der Waals surface area contributed by atoms with Gasteiger partial charge in [-0.25, -0.2) is 0 Å². The fourth-order valence-electron chi connectivity index (χ4n) is 17.2. The molecule has 16 atom stereocenters. The van der Waals surface area contributed by atoms with Gasteiger partial charge in [-0.05, 0) is 198 Å². The van der Waals surface area contributed by atoms with Gasteiger partial charge in [-0.3, -0.25) is 29.2 Å². The van der Waals surface area contributed by atoms with Crippen LogP contribution >= 0.6 is 15.9 Å². The van der Waals surface area contributed by atoms with E-state index < -0.39 is 29.3 Å². The fourth-order valence-corrected chi connectivity index (χ4v) is 17.6. The summed E-state index contributed by atoms with van der Waals surface area (Å²) in [6, 6.07) is -0.796. The molecule has 0 saturated heterocycles. The number of fused-ring (bicyclic) bond motifs is 10. The molecule has 2 heterocycles. The minimum absolute atomic E-state index is 0. The van der Waals surface area contributed by atoms with Crippen LogP contribution in [-0.2, 0) is 25.8 Å². The number of hydrogen-bond acceptors (Lipinski definition) is 14. The molecule has 0 amide bonds. The molecule has 0 radical (unpaired) electrons. The van der Waals surface area contributed by atoms with Crippen molar-refractivity contribution in [2.75, 3.05) is 5.33 Å². The van der Waals surface area contributed by atoms with Crippen LogP contribution in [0.15, 0.2) is 22.6 Å². The monoisotopic (exact) mass is 1140 g/mol. The third kappa shape index (κ3) is 14.1. The number of aliphatic hydroxyl groups is 2. The van der Waals surface area contributed by atoms with Crippen LogP contribution in [0.2, 0.25) is 0 Å². The van der Waals surface area contributed by atoms with Crippen LogP contribution < -0.4 is 113 Å². The summed E-state index contributed by atoms with van der Waals surface area (Å²) in [5, 5.41) is 69.5. The van der Waals surface area contributed by atoms with Crippen LogP contribution in [0.4, 0.5) is 0 Å². The second kappa shape index (κ2) is 27.2. The number of hydrogen-bond donors (Lipinski definition) is 4. The summed E-state index contributed by atoms with van der Waals surface area (Å²) in [7, 11) is -1.55. The van der Waals surface area contributed by atoms with Crippen LogP contribution in [0, 0.1) is 91.0 Å². The third-order valence-electron chi connectivity index (χ3n) is 20.9. The summed E-state index contributed by atoms with van der Waals surface area (Å²) in [4.78, 5) is 46.5. The van der Waals surface area contributed by atoms with Gasteiger partial charge in [0.05, 0.1) is 23.1 Å². The molecular weight excluding hydrogens is 1050 g/mol. The number of rotatable bonds is 8. The molecule has 0 spiro atoms. The van der Waals surface area contributed by atoms with Crippen LogP contribution in [0.3, 0.4) is 0 Å². The van der Waals surface area contributed by atoms with E-state index in [2.05, 4.69) is 63.8 Å². The van der Waals surface area contributed by atoms with Crippen molar-refractivity contribution >= 4 is 59.0 Å². The van der Waals surface area contributed by atoms with E-state index >= 15 is 0 Å². The number of alkyl halides is 1. The minimum Gasteiger partial charge on any atom is -1.00 e. The van der Waals surface area contributed by atoms with Crippen LogP contribution in [0.1, 0.15) is 173 Å². The molecule has 4 N–H and O–H groups in total. The predicted octanol–water partition coefficient (Wildman–Crippen LogP) is 1.43. The van der Waals surface area contributed by atoms with Crippen LogP contribution in [0.5, 0.6) is 0 Å². The largest absolute Gasteiger partial charge is 1.00 e. The Morgan fingerprint density at radius 1 is 0.740 bits per heavy atom. The molecule has 1 aromatic heterocycles. The number of carbonyl (C=O) groups excluding carboxylic acids is 3. The summed E-state index contributed by atoms with van der Waals surface area (Å²) in [6.45, 7) is 14.0. The van der Waals surface area contributed by atoms with Crippen molar-refractivity contribution in [1.29, 1.82) is 0 Å². The third-order valence-corrected chi connectivity index (χ3v) is 21.4. The number of carbonyl (C=O) groups is 3. The predicted molar refractivity (Wildman–Crippen MR) is 277 cm³/mol. The van der Waals surface area contributed by atoms with Crippen molar-refractivity contribution in [2.45, 2.75) is 196 Å². The summed E-state index contributed by atoms with van der Waals surface area (Å²) in [6.07, 6.45) is 26.0. The maximum Gasteiger partial charge on any atom is 1.00 e. The molecule has 20 heteroatoms. The van der Waals surface area contributed by atoms with Gasteiger partial charge >= 0.3 is 110 Å². The molecule has 402 valence electrons. The molecule has 16 nitrogen and oxygen atoms in total. The minimum atomic E-state index is -1.55. The van der Waals surface area contributed by atoms with Gasteiger partial charge in [0, 0.05) is 34.6 Å². The van der Waals surface area contributed by atoms with E-state index in [-0.39, 0.29) is 161 Å². The number of halogens is 1. The number of ketones is 2. The first kappa shape index (κ1) is 67.7. The Morgan fingerprint density at radius 2 is 1.16 bits per heavy atom. The average Bonchev–Trinajstić information content (AvgIpc) is 4.13. The first-order valence-corrected chi connectivity index (χ1v) is 27.0. The quantitative estimate of drug-likeness (QED) is 0.0722. The van der Waals surface area contributed by atoms with E-state index in [9.17, 15) is 40.0 Å². The van der Waals surface area contributed by atoms with Gasteiger partial charge in [-0.1, -0.05) is 58.5 Å². The van der Waals surface area contributed by atoms with Gasteiger partial charge in [-0.2, -0.15) is 15.3 Å². The average molecular weight is 1140 g/mol. The molecule has 8 fully saturated rings. The zero-order valence-corrected chi connectivity index (χ0v) is 51.5. The normalized spacial score (nSPS) is 41.1. The van der Waals surface area contributed by atoms with Gasteiger partial charge in [0.2, 0.25) is 0 Å². The maximum absolute atomic E-state index is 13.4. The number of nitro groups is 1. The summed E-state index contributed by atoms with van der Waals surface area (Å²) in [5.74, 6) is 6.79. The Balaban J connectivity index is 0.000000398. The standard InChI is InChI=1S/C25H39BN2O4.C22H35BrO2.C3H3N3O2.CH2O3.2CH4.2K.H/c1-23(30)10-11-24(2)16(12-23)4-5-18-19-6-7-21(25(19,3)9-8-20(18)24)22(29)15-28-14-17(13-27-28)26(31)32;1-20(25)10-11-21(2)14(12-20)4-5-15-16-6-7-18(19(24)13-23)22(16,3)9-8-17(15)21;7-6(8)3-1-4-5-2-3;2-1-4-3;;;;;/h13-14,16,18-21,30-32H,4-12,15H2,1-3H3;14-18,25H,4-13H2,1-3H3;1-3H;1,3H;2*1H4;;;/q;;;;;;2*+1;-1/p-1/t16-,18+,19+,20+,21-,23-,24+,25+;14-,15+,16+,17+,18-,20-,21+,22+;;;;;;;/m11......./s1. The summed E-state index contributed by atoms with van der Waals surface area (Å²) in [5.41, 5.74) is 0.452. The number of Topliss-reactive ketones (excluding diaryl/α,β-unsaturated/α-hetero) is 2. The van der Waals surface area contributed by atoms with E-state index in [0.29, 0.717) is 51.1 Å². The zero-order valence-electron chi connectivity index (χ0n) is 44.7. The summed E-state index contributed by atoms with van der Waals surface area (Å²) >= 11 is 3.43. The molecular formula is C53H87BBrK2N5O11. The van der Waals surface area contributed by atoms with Gasteiger partial charge in [0.15, 0.2) is 5.78 Å². The first-order chi connectivity index (χ1) is 32.5. The van der Waals surface area contributed by atoms with Crippen molar-refractivity contribution in [3.8, 4) is 0 Å². The van der Waals surface area contributed by atoms with Crippen LogP contribution in [0.25, 0.3) is 0 Å². The Labute approximate surface area is 530 Å². The molecule has 73 heavy (non-hydrogen) atoms. The van der Waals surface area contributed by atoms with Crippen molar-refractivity contribution in [3.05, 3.63) is 22.5 Å². The van der Waals surface area contributed by atoms with Gasteiger partial charge in [-0.15, -0.1) is 0 Å². The molecule has 0 aromatic carbocycles. The first-order valence-electron chi connectivity index (χ1n) is 25.8. The molecule has 8 aliphatic carbocycles. The number of nitrogens with zero attached hydrogens (tertiary/aromatic N) is 5. The summed E-state index contributed by atoms with van der Waals surface area (Å²) < 4.78 is 1.56. The van der Waals surface area contributed by atoms with E-state index in [1.165, 1.54) is 76.4 Å². The van der Waals surface area contributed by atoms with E-state index in [0.717, 1.165) is 81.5 Å². The van der Waals surface area contributed by atoms with Crippen molar-refractivity contribution in [1.82, 2.24) is 9.78 Å². The maximum atomic E-state index is 13.4. The molecule has 0 unspecified atom stereocenters. The molecule has 0 bridgehead atoms. The van der Waals surface area contributed by atoms with Crippen molar-refractivity contribution in [3.63, 3.8) is 0 Å². The van der Waals surface area contributed by atoms with Gasteiger partial charge in [0.1, 0.15) is 18.2 Å². The Morgan fingerprint density at radius 3 is 1.53 bits per heavy atom. The van der Waals surface area contributed by atoms with Gasteiger partial charge in [0.25, 0.3) is 12.5 Å². The Kier molecular flexibility index (Phi) is 25.2. The second-order valence-electron chi connectivity index (χ2n) is 24.5. The molecule has 1 aliphatic heterocycles. The van der Waals surface area contributed by atoms with E-state index in [4.69, 9.17) is 10.1 Å². The van der Waals surface area contributed by atoms with Crippen LogP contribution in [-0.4, -0.2) is 95.1 Å². The van der Waals surface area contributed by atoms with E-state index in [1.807, 2.05) is 13.8 Å².